The van der Waals surface area contributed by atoms with E-state index in [9.17, 15) is 9.59 Å². The highest BCUT2D eigenvalue weighted by atomic mass is 16.2. The van der Waals surface area contributed by atoms with Gasteiger partial charge in [0.25, 0.3) is 0 Å². The van der Waals surface area contributed by atoms with E-state index in [1.165, 1.54) is 0 Å². The smallest absolute Gasteiger partial charge is 0.321 e. The molecule has 110 valence electrons. The van der Waals surface area contributed by atoms with E-state index in [-0.39, 0.29) is 12.5 Å². The van der Waals surface area contributed by atoms with Crippen LogP contribution in [0.5, 0.6) is 0 Å². The summed E-state index contributed by atoms with van der Waals surface area (Å²) >= 11 is 0. The van der Waals surface area contributed by atoms with Crippen molar-refractivity contribution in [3.05, 3.63) is 0 Å². The maximum absolute atomic E-state index is 11.7. The molecule has 0 aromatic carbocycles. The van der Waals surface area contributed by atoms with E-state index in [1.54, 1.807) is 0 Å². The molecule has 1 saturated heterocycles. The van der Waals surface area contributed by atoms with Crippen molar-refractivity contribution >= 4 is 11.9 Å². The normalized spacial score (nSPS) is 17.5. The van der Waals surface area contributed by atoms with E-state index in [1.807, 2.05) is 13.8 Å². The van der Waals surface area contributed by atoms with Crippen LogP contribution in [-0.2, 0) is 4.79 Å². The first-order valence-corrected chi connectivity index (χ1v) is 7.01. The Bertz CT molecular complexity index is 299. The quantitative estimate of drug-likeness (QED) is 0.663. The molecule has 0 atom stereocenters. The number of hydrogen-bond acceptors (Lipinski definition) is 4. The first-order chi connectivity index (χ1) is 9.01. The SMILES string of the molecule is CC(C)CNC(=O)NC(=O)CN1CCC(CN)CC1. The van der Waals surface area contributed by atoms with Gasteiger partial charge in [-0.25, -0.2) is 4.79 Å². The Hall–Kier alpha value is -1.14. The summed E-state index contributed by atoms with van der Waals surface area (Å²) in [5.41, 5.74) is 5.62. The Morgan fingerprint density at radius 3 is 2.47 bits per heavy atom. The summed E-state index contributed by atoms with van der Waals surface area (Å²) in [6.07, 6.45) is 2.06. The molecule has 0 aromatic rings. The zero-order chi connectivity index (χ0) is 14.3. The lowest BCUT2D eigenvalue weighted by molar-refractivity contribution is -0.121. The Morgan fingerprint density at radius 2 is 1.95 bits per heavy atom. The van der Waals surface area contributed by atoms with Gasteiger partial charge >= 0.3 is 6.03 Å². The maximum Gasteiger partial charge on any atom is 0.321 e. The Labute approximate surface area is 115 Å². The molecule has 0 unspecified atom stereocenters. The molecule has 3 amide bonds. The summed E-state index contributed by atoms with van der Waals surface area (Å²) in [7, 11) is 0. The molecule has 0 saturated carbocycles. The Kier molecular flexibility index (Phi) is 6.80. The van der Waals surface area contributed by atoms with Crippen molar-refractivity contribution in [2.75, 3.05) is 32.7 Å². The van der Waals surface area contributed by atoms with Gasteiger partial charge in [-0.2, -0.15) is 0 Å². The molecular weight excluding hydrogens is 244 g/mol. The molecule has 0 radical (unpaired) electrons. The number of amides is 3. The second kappa shape index (κ2) is 8.12. The molecule has 1 heterocycles. The fourth-order valence-electron chi connectivity index (χ4n) is 2.09. The molecular formula is C13H26N4O2. The summed E-state index contributed by atoms with van der Waals surface area (Å²) in [5, 5.41) is 5.01. The highest BCUT2D eigenvalue weighted by Crippen LogP contribution is 2.14. The highest BCUT2D eigenvalue weighted by Gasteiger charge is 2.20. The predicted molar refractivity (Wildman–Crippen MR) is 74.6 cm³/mol. The number of nitrogens with zero attached hydrogens (tertiary/aromatic N) is 1. The number of likely N-dealkylation sites (tertiary alicyclic amines) is 1. The molecule has 0 aliphatic carbocycles. The van der Waals surface area contributed by atoms with Crippen LogP contribution in [0.4, 0.5) is 4.79 Å². The molecule has 19 heavy (non-hydrogen) atoms. The number of urea groups is 1. The van der Waals surface area contributed by atoms with Crippen LogP contribution in [-0.4, -0.2) is 49.6 Å². The van der Waals surface area contributed by atoms with Gasteiger partial charge in [-0.1, -0.05) is 13.8 Å². The van der Waals surface area contributed by atoms with Gasteiger partial charge in [-0.3, -0.25) is 15.0 Å². The lowest BCUT2D eigenvalue weighted by atomic mass is 9.97. The summed E-state index contributed by atoms with van der Waals surface area (Å²) in [4.78, 5) is 25.2. The number of rotatable bonds is 5. The minimum absolute atomic E-state index is 0.243. The van der Waals surface area contributed by atoms with Gasteiger partial charge in [0.15, 0.2) is 0 Å². The van der Waals surface area contributed by atoms with Crippen LogP contribution in [0.2, 0.25) is 0 Å². The first kappa shape index (κ1) is 15.9. The fraction of sp³-hybridized carbons (Fsp3) is 0.846. The third-order valence-electron chi connectivity index (χ3n) is 3.33. The van der Waals surface area contributed by atoms with E-state index in [4.69, 9.17) is 5.73 Å². The Balaban J connectivity index is 2.19. The molecule has 1 aliphatic rings. The monoisotopic (exact) mass is 270 g/mol. The van der Waals surface area contributed by atoms with E-state index < -0.39 is 6.03 Å². The minimum Gasteiger partial charge on any atom is -0.338 e. The molecule has 0 bridgehead atoms. The fourth-order valence-corrected chi connectivity index (χ4v) is 2.09. The van der Waals surface area contributed by atoms with Crippen molar-refractivity contribution in [1.82, 2.24) is 15.5 Å². The van der Waals surface area contributed by atoms with Crippen molar-refractivity contribution in [3.63, 3.8) is 0 Å². The largest absolute Gasteiger partial charge is 0.338 e. The van der Waals surface area contributed by atoms with Gasteiger partial charge < -0.3 is 11.1 Å². The number of nitrogens with two attached hydrogens (primary N) is 1. The number of nitrogens with one attached hydrogen (secondary N) is 2. The number of hydrogen-bond donors (Lipinski definition) is 3. The zero-order valence-corrected chi connectivity index (χ0v) is 11.9. The topological polar surface area (TPSA) is 87.5 Å². The number of imide groups is 1. The highest BCUT2D eigenvalue weighted by molar-refractivity contribution is 5.95. The molecule has 1 fully saturated rings. The lowest BCUT2D eigenvalue weighted by Gasteiger charge is -2.30. The standard InChI is InChI=1S/C13H26N4O2/c1-10(2)8-15-13(19)16-12(18)9-17-5-3-11(7-14)4-6-17/h10-11H,3-9,14H2,1-2H3,(H2,15,16,18,19). The molecule has 0 aromatic heterocycles. The van der Waals surface area contributed by atoms with Crippen LogP contribution in [0.3, 0.4) is 0 Å². The molecule has 1 aliphatic heterocycles. The van der Waals surface area contributed by atoms with Crippen LogP contribution >= 0.6 is 0 Å². The molecule has 0 spiro atoms. The van der Waals surface area contributed by atoms with E-state index in [0.717, 1.165) is 32.5 Å². The maximum atomic E-state index is 11.7. The van der Waals surface area contributed by atoms with Gasteiger partial charge in [0.05, 0.1) is 6.54 Å². The van der Waals surface area contributed by atoms with Gasteiger partial charge in [0.2, 0.25) is 5.91 Å². The van der Waals surface area contributed by atoms with Crippen molar-refractivity contribution in [2.45, 2.75) is 26.7 Å². The average Bonchev–Trinajstić information content (AvgIpc) is 2.37. The summed E-state index contributed by atoms with van der Waals surface area (Å²) < 4.78 is 0. The summed E-state index contributed by atoms with van der Waals surface area (Å²) in [6.45, 7) is 7.34. The van der Waals surface area contributed by atoms with Crippen molar-refractivity contribution < 1.29 is 9.59 Å². The van der Waals surface area contributed by atoms with Gasteiger partial charge in [0, 0.05) is 6.54 Å². The van der Waals surface area contributed by atoms with Crippen LogP contribution in [0.15, 0.2) is 0 Å². The van der Waals surface area contributed by atoms with E-state index in [2.05, 4.69) is 15.5 Å². The van der Waals surface area contributed by atoms with E-state index in [0.29, 0.717) is 18.4 Å². The van der Waals surface area contributed by atoms with Crippen LogP contribution < -0.4 is 16.4 Å². The molecule has 4 N–H and O–H groups in total. The van der Waals surface area contributed by atoms with Gasteiger partial charge in [-0.15, -0.1) is 0 Å². The van der Waals surface area contributed by atoms with Crippen LogP contribution in [0, 0.1) is 11.8 Å². The van der Waals surface area contributed by atoms with Crippen LogP contribution in [0.1, 0.15) is 26.7 Å². The predicted octanol–water partition coefficient (Wildman–Crippen LogP) is 0.139. The van der Waals surface area contributed by atoms with E-state index >= 15 is 0 Å². The third-order valence-corrected chi connectivity index (χ3v) is 3.33. The van der Waals surface area contributed by atoms with Gasteiger partial charge in [0.1, 0.15) is 0 Å². The molecule has 1 rings (SSSR count). The number of carbonyl (C=O) groups excluding carboxylic acids is 2. The second-order valence-corrected chi connectivity index (χ2v) is 5.61. The Morgan fingerprint density at radius 1 is 1.32 bits per heavy atom. The number of carbonyl (C=O) groups is 2. The zero-order valence-electron chi connectivity index (χ0n) is 11.9. The summed E-state index contributed by atoms with van der Waals surface area (Å²) in [6, 6.07) is -0.407. The summed E-state index contributed by atoms with van der Waals surface area (Å²) in [5.74, 6) is 0.706. The third kappa shape index (κ3) is 6.54. The van der Waals surface area contributed by atoms with Crippen molar-refractivity contribution in [3.8, 4) is 0 Å². The second-order valence-electron chi connectivity index (χ2n) is 5.61. The lowest BCUT2D eigenvalue weighted by Crippen LogP contribution is -2.47. The van der Waals surface area contributed by atoms with Crippen molar-refractivity contribution in [1.29, 1.82) is 0 Å². The number of piperidine rings is 1. The first-order valence-electron chi connectivity index (χ1n) is 7.01. The van der Waals surface area contributed by atoms with Crippen molar-refractivity contribution in [2.24, 2.45) is 17.6 Å². The van der Waals surface area contributed by atoms with Crippen LogP contribution in [0.25, 0.3) is 0 Å². The molecule has 6 heteroatoms. The average molecular weight is 270 g/mol. The molecule has 6 nitrogen and oxygen atoms in total. The minimum atomic E-state index is -0.407. The van der Waals surface area contributed by atoms with Gasteiger partial charge in [-0.05, 0) is 44.3 Å².